The molecule has 0 atom stereocenters. The van der Waals surface area contributed by atoms with Gasteiger partial charge in [0.25, 0.3) is 0 Å². The molecule has 1 fully saturated rings. The van der Waals surface area contributed by atoms with Gasteiger partial charge in [0.15, 0.2) is 9.84 Å². The third-order valence-corrected chi connectivity index (χ3v) is 7.05. The minimum absolute atomic E-state index is 0.0416. The van der Waals surface area contributed by atoms with Crippen molar-refractivity contribution in [3.05, 3.63) is 53.6 Å². The standard InChI is InChI=1S/C21H26N2O5S/c1-3-29(25,26)19-13-16(18(27-2)14-17(19)22)20(24)28-21(9-11-23-12-10-21)15-7-5-4-6-8-15/h4-8,13-14,23H,3,9-12,22H2,1-2H3. The van der Waals surface area contributed by atoms with E-state index in [-0.39, 0.29) is 27.6 Å². The number of nitrogen functional groups attached to an aromatic ring is 1. The molecule has 0 radical (unpaired) electrons. The Morgan fingerprint density at radius 2 is 1.83 bits per heavy atom. The number of hydrogen-bond donors (Lipinski definition) is 2. The molecule has 1 aliphatic heterocycles. The van der Waals surface area contributed by atoms with E-state index in [1.807, 2.05) is 30.3 Å². The Labute approximate surface area is 171 Å². The molecule has 0 saturated carbocycles. The first-order chi connectivity index (χ1) is 13.8. The molecule has 0 bridgehead atoms. The molecule has 2 aromatic rings. The van der Waals surface area contributed by atoms with Crippen molar-refractivity contribution >= 4 is 21.5 Å². The van der Waals surface area contributed by atoms with Crippen molar-refractivity contribution in [2.75, 3.05) is 31.7 Å². The normalized spacial score (nSPS) is 16.2. The summed E-state index contributed by atoms with van der Waals surface area (Å²) in [4.78, 5) is 13.1. The summed E-state index contributed by atoms with van der Waals surface area (Å²) in [6.45, 7) is 2.93. The quantitative estimate of drug-likeness (QED) is 0.548. The Balaban J connectivity index is 2.04. The molecule has 1 aliphatic rings. The highest BCUT2D eigenvalue weighted by Gasteiger charge is 2.39. The Bertz CT molecular complexity index is 984. The van der Waals surface area contributed by atoms with Crippen LogP contribution in [-0.4, -0.2) is 40.3 Å². The average molecular weight is 419 g/mol. The van der Waals surface area contributed by atoms with E-state index in [1.54, 1.807) is 0 Å². The van der Waals surface area contributed by atoms with Gasteiger partial charge in [-0.05, 0) is 24.7 Å². The number of esters is 1. The van der Waals surface area contributed by atoms with Crippen LogP contribution in [0.15, 0.2) is 47.4 Å². The molecule has 2 aromatic carbocycles. The molecular formula is C21H26N2O5S. The lowest BCUT2D eigenvalue weighted by Gasteiger charge is -2.37. The SMILES string of the molecule is CCS(=O)(=O)c1cc(C(=O)OC2(c3ccccc3)CCNCC2)c(OC)cc1N. The van der Waals surface area contributed by atoms with Crippen LogP contribution in [0.25, 0.3) is 0 Å². The Hall–Kier alpha value is -2.58. The molecule has 1 saturated heterocycles. The van der Waals surface area contributed by atoms with Crippen LogP contribution < -0.4 is 15.8 Å². The van der Waals surface area contributed by atoms with E-state index in [0.717, 1.165) is 5.56 Å². The molecule has 3 N–H and O–H groups in total. The van der Waals surface area contributed by atoms with Crippen LogP contribution in [0.1, 0.15) is 35.7 Å². The third-order valence-electron chi connectivity index (χ3n) is 5.27. The third kappa shape index (κ3) is 4.23. The lowest BCUT2D eigenvalue weighted by atomic mass is 9.84. The number of carbonyl (C=O) groups excluding carboxylic acids is 1. The monoisotopic (exact) mass is 418 g/mol. The van der Waals surface area contributed by atoms with Gasteiger partial charge in [-0.1, -0.05) is 37.3 Å². The number of carbonyl (C=O) groups is 1. The van der Waals surface area contributed by atoms with E-state index in [2.05, 4.69) is 5.32 Å². The minimum Gasteiger partial charge on any atom is -0.496 e. The van der Waals surface area contributed by atoms with Crippen LogP contribution in [-0.2, 0) is 20.2 Å². The van der Waals surface area contributed by atoms with Crippen LogP contribution in [0, 0.1) is 0 Å². The zero-order chi connectivity index (χ0) is 21.1. The van der Waals surface area contributed by atoms with E-state index in [4.69, 9.17) is 15.2 Å². The fourth-order valence-electron chi connectivity index (χ4n) is 3.58. The predicted octanol–water partition coefficient (Wildman–Crippen LogP) is 2.51. The van der Waals surface area contributed by atoms with Gasteiger partial charge in [0.2, 0.25) is 0 Å². The highest BCUT2D eigenvalue weighted by molar-refractivity contribution is 7.91. The molecule has 8 heteroatoms. The van der Waals surface area contributed by atoms with Gasteiger partial charge in [-0.2, -0.15) is 0 Å². The number of piperidine rings is 1. The zero-order valence-electron chi connectivity index (χ0n) is 16.6. The second-order valence-corrected chi connectivity index (χ2v) is 9.24. The van der Waals surface area contributed by atoms with Crippen LogP contribution in [0.2, 0.25) is 0 Å². The zero-order valence-corrected chi connectivity index (χ0v) is 17.4. The molecular weight excluding hydrogens is 392 g/mol. The molecule has 0 unspecified atom stereocenters. The number of ether oxygens (including phenoxy) is 2. The van der Waals surface area contributed by atoms with Crippen LogP contribution in [0.3, 0.4) is 0 Å². The van der Waals surface area contributed by atoms with E-state index in [9.17, 15) is 13.2 Å². The fraction of sp³-hybridized carbons (Fsp3) is 0.381. The molecule has 156 valence electrons. The van der Waals surface area contributed by atoms with Gasteiger partial charge in [0.05, 0.1) is 23.4 Å². The summed E-state index contributed by atoms with van der Waals surface area (Å²) >= 11 is 0. The van der Waals surface area contributed by atoms with Crippen molar-refractivity contribution in [3.63, 3.8) is 0 Å². The topological polar surface area (TPSA) is 108 Å². The van der Waals surface area contributed by atoms with Gasteiger partial charge in [0, 0.05) is 18.9 Å². The van der Waals surface area contributed by atoms with E-state index in [1.165, 1.54) is 26.2 Å². The maximum atomic E-state index is 13.2. The van der Waals surface area contributed by atoms with Crippen LogP contribution in [0.4, 0.5) is 5.69 Å². The molecule has 0 amide bonds. The summed E-state index contributed by atoms with van der Waals surface area (Å²) in [7, 11) is -2.21. The molecule has 1 heterocycles. The minimum atomic E-state index is -3.61. The van der Waals surface area contributed by atoms with Gasteiger partial charge in [-0.25, -0.2) is 13.2 Å². The van der Waals surface area contributed by atoms with Crippen molar-refractivity contribution < 1.29 is 22.7 Å². The van der Waals surface area contributed by atoms with Crippen molar-refractivity contribution in [1.29, 1.82) is 0 Å². The van der Waals surface area contributed by atoms with Crippen LogP contribution >= 0.6 is 0 Å². The van der Waals surface area contributed by atoms with Crippen molar-refractivity contribution in [2.24, 2.45) is 0 Å². The summed E-state index contributed by atoms with van der Waals surface area (Å²) in [5, 5.41) is 3.28. The summed E-state index contributed by atoms with van der Waals surface area (Å²) in [6.07, 6.45) is 1.22. The smallest absolute Gasteiger partial charge is 0.342 e. The van der Waals surface area contributed by atoms with Crippen LogP contribution in [0.5, 0.6) is 5.75 Å². The number of anilines is 1. The number of hydrogen-bond acceptors (Lipinski definition) is 7. The second kappa shape index (κ2) is 8.42. The maximum absolute atomic E-state index is 13.2. The average Bonchev–Trinajstić information content (AvgIpc) is 2.74. The van der Waals surface area contributed by atoms with Gasteiger partial charge in [-0.15, -0.1) is 0 Å². The first-order valence-corrected chi connectivity index (χ1v) is 11.2. The first kappa shape index (κ1) is 21.1. The van der Waals surface area contributed by atoms with Crippen molar-refractivity contribution in [3.8, 4) is 5.75 Å². The van der Waals surface area contributed by atoms with E-state index >= 15 is 0 Å². The maximum Gasteiger partial charge on any atom is 0.342 e. The number of methoxy groups -OCH3 is 1. The summed E-state index contributed by atoms with van der Waals surface area (Å²) in [5.41, 5.74) is 6.11. The van der Waals surface area contributed by atoms with E-state index in [0.29, 0.717) is 25.9 Å². The number of nitrogens with two attached hydrogens (primary N) is 1. The predicted molar refractivity (Wildman–Crippen MR) is 111 cm³/mol. The molecule has 0 spiro atoms. The summed E-state index contributed by atoms with van der Waals surface area (Å²) in [6, 6.07) is 12.2. The summed E-state index contributed by atoms with van der Waals surface area (Å²) < 4.78 is 36.1. The van der Waals surface area contributed by atoms with Crippen molar-refractivity contribution in [2.45, 2.75) is 30.3 Å². The van der Waals surface area contributed by atoms with Crippen molar-refractivity contribution in [1.82, 2.24) is 5.32 Å². The highest BCUT2D eigenvalue weighted by Crippen LogP contribution is 2.37. The Kier molecular flexibility index (Phi) is 6.14. The highest BCUT2D eigenvalue weighted by atomic mass is 32.2. The van der Waals surface area contributed by atoms with Gasteiger partial charge in [-0.3, -0.25) is 0 Å². The summed E-state index contributed by atoms with van der Waals surface area (Å²) in [5.74, 6) is -0.586. The Morgan fingerprint density at radius 1 is 1.17 bits per heavy atom. The number of rotatable bonds is 6. The van der Waals surface area contributed by atoms with Gasteiger partial charge < -0.3 is 20.5 Å². The lowest BCUT2D eigenvalue weighted by molar-refractivity contribution is -0.0380. The Morgan fingerprint density at radius 3 is 2.41 bits per heavy atom. The molecule has 0 aromatic heterocycles. The molecule has 0 aliphatic carbocycles. The van der Waals surface area contributed by atoms with E-state index < -0.39 is 21.4 Å². The van der Waals surface area contributed by atoms with Gasteiger partial charge in [0.1, 0.15) is 16.9 Å². The first-order valence-electron chi connectivity index (χ1n) is 9.53. The molecule has 29 heavy (non-hydrogen) atoms. The molecule has 3 rings (SSSR count). The van der Waals surface area contributed by atoms with Gasteiger partial charge >= 0.3 is 5.97 Å². The number of sulfone groups is 1. The number of benzene rings is 2. The largest absolute Gasteiger partial charge is 0.496 e. The lowest BCUT2D eigenvalue weighted by Crippen LogP contribution is -2.43. The second-order valence-electron chi connectivity index (χ2n) is 6.99. The fourth-order valence-corrected chi connectivity index (χ4v) is 4.61. The molecule has 7 nitrogen and oxygen atoms in total. The number of nitrogens with one attached hydrogen (secondary N) is 1.